The highest BCUT2D eigenvalue weighted by atomic mass is 35.5. The Morgan fingerprint density at radius 1 is 1.23 bits per heavy atom. The van der Waals surface area contributed by atoms with Crippen molar-refractivity contribution in [1.29, 1.82) is 0 Å². The van der Waals surface area contributed by atoms with E-state index in [0.29, 0.717) is 5.02 Å². The van der Waals surface area contributed by atoms with Gasteiger partial charge in [-0.15, -0.1) is 0 Å². The Kier molecular flexibility index (Phi) is 4.34. The van der Waals surface area contributed by atoms with E-state index in [1.165, 1.54) is 11.3 Å². The molecule has 0 bridgehead atoms. The molecule has 1 aliphatic heterocycles. The quantitative estimate of drug-likeness (QED) is 0.924. The van der Waals surface area contributed by atoms with Crippen LogP contribution in [0.5, 0.6) is 0 Å². The molecule has 1 heterocycles. The molecule has 2 aromatic rings. The number of halogens is 1. The fraction of sp³-hybridized carbons (Fsp3) is 0.278. The highest BCUT2D eigenvalue weighted by Gasteiger charge is 2.25. The number of para-hydroxylation sites is 1. The second kappa shape index (κ2) is 6.41. The minimum Gasteiger partial charge on any atom is -0.360 e. The van der Waals surface area contributed by atoms with E-state index in [9.17, 15) is 4.79 Å². The topological polar surface area (TPSA) is 32.3 Å². The van der Waals surface area contributed by atoms with Gasteiger partial charge in [0.25, 0.3) is 0 Å². The SMILES string of the molecule is CC(C(=O)Nc1cccc(Cl)c1)N1CCCc2ccccc21. The summed E-state index contributed by atoms with van der Waals surface area (Å²) < 4.78 is 0. The van der Waals surface area contributed by atoms with Gasteiger partial charge in [-0.3, -0.25) is 4.79 Å². The first-order chi connectivity index (χ1) is 10.6. The van der Waals surface area contributed by atoms with Crippen molar-refractivity contribution in [3.8, 4) is 0 Å². The summed E-state index contributed by atoms with van der Waals surface area (Å²) in [6, 6.07) is 15.3. The van der Waals surface area contributed by atoms with Gasteiger partial charge in [-0.2, -0.15) is 0 Å². The second-order valence-electron chi connectivity index (χ2n) is 5.60. The molecule has 2 aromatic carbocycles. The molecule has 114 valence electrons. The molecule has 4 heteroatoms. The molecule has 0 aliphatic carbocycles. The van der Waals surface area contributed by atoms with Gasteiger partial charge >= 0.3 is 0 Å². The van der Waals surface area contributed by atoms with E-state index in [2.05, 4.69) is 28.4 Å². The van der Waals surface area contributed by atoms with Gasteiger partial charge in [0.2, 0.25) is 5.91 Å². The number of amides is 1. The molecule has 0 saturated heterocycles. The molecule has 0 fully saturated rings. The summed E-state index contributed by atoms with van der Waals surface area (Å²) in [7, 11) is 0. The van der Waals surface area contributed by atoms with E-state index < -0.39 is 0 Å². The zero-order valence-corrected chi connectivity index (χ0v) is 13.3. The van der Waals surface area contributed by atoms with Gasteiger partial charge in [0, 0.05) is 22.9 Å². The van der Waals surface area contributed by atoms with E-state index in [4.69, 9.17) is 11.6 Å². The first kappa shape index (κ1) is 14.9. The van der Waals surface area contributed by atoms with Gasteiger partial charge < -0.3 is 10.2 Å². The van der Waals surface area contributed by atoms with Gasteiger partial charge in [0.05, 0.1) is 0 Å². The molecule has 1 amide bonds. The van der Waals surface area contributed by atoms with Crippen molar-refractivity contribution >= 4 is 28.9 Å². The number of carbonyl (C=O) groups is 1. The van der Waals surface area contributed by atoms with Crippen LogP contribution in [0.3, 0.4) is 0 Å². The zero-order valence-electron chi connectivity index (χ0n) is 12.6. The Labute approximate surface area is 135 Å². The predicted octanol–water partition coefficient (Wildman–Crippen LogP) is 4.12. The van der Waals surface area contributed by atoms with Crippen LogP contribution in [0.15, 0.2) is 48.5 Å². The highest BCUT2D eigenvalue weighted by Crippen LogP contribution is 2.28. The van der Waals surface area contributed by atoms with Crippen LogP contribution in [0, 0.1) is 0 Å². The molecule has 1 unspecified atom stereocenters. The van der Waals surface area contributed by atoms with Crippen LogP contribution in [0.25, 0.3) is 0 Å². The summed E-state index contributed by atoms with van der Waals surface area (Å²) >= 11 is 5.96. The highest BCUT2D eigenvalue weighted by molar-refractivity contribution is 6.30. The zero-order chi connectivity index (χ0) is 15.5. The third-order valence-electron chi connectivity index (χ3n) is 4.09. The van der Waals surface area contributed by atoms with Crippen LogP contribution in [0.1, 0.15) is 18.9 Å². The number of carbonyl (C=O) groups excluding carboxylic acids is 1. The standard InChI is InChI=1S/C18H19ClN2O/c1-13(18(22)20-16-9-4-8-15(19)12-16)21-11-5-7-14-6-2-3-10-17(14)21/h2-4,6,8-10,12-13H,5,7,11H2,1H3,(H,20,22). The van der Waals surface area contributed by atoms with Gasteiger partial charge in [-0.1, -0.05) is 35.9 Å². The molecular weight excluding hydrogens is 296 g/mol. The monoisotopic (exact) mass is 314 g/mol. The Bertz CT molecular complexity index is 686. The number of nitrogens with one attached hydrogen (secondary N) is 1. The minimum atomic E-state index is -0.222. The maximum atomic E-state index is 12.5. The summed E-state index contributed by atoms with van der Waals surface area (Å²) in [6.07, 6.45) is 2.15. The lowest BCUT2D eigenvalue weighted by Crippen LogP contribution is -2.44. The molecule has 0 aromatic heterocycles. The van der Waals surface area contributed by atoms with Crippen LogP contribution in [0.2, 0.25) is 5.02 Å². The fourth-order valence-electron chi connectivity index (χ4n) is 2.92. The lowest BCUT2D eigenvalue weighted by Gasteiger charge is -2.35. The molecule has 3 nitrogen and oxygen atoms in total. The lowest BCUT2D eigenvalue weighted by atomic mass is 10.00. The number of anilines is 2. The Hall–Kier alpha value is -2.00. The lowest BCUT2D eigenvalue weighted by molar-refractivity contribution is -0.117. The van der Waals surface area contributed by atoms with E-state index in [0.717, 1.165) is 25.1 Å². The summed E-state index contributed by atoms with van der Waals surface area (Å²) in [4.78, 5) is 14.7. The van der Waals surface area contributed by atoms with Crippen LogP contribution in [-0.4, -0.2) is 18.5 Å². The number of nitrogens with zero attached hydrogens (tertiary/aromatic N) is 1. The third kappa shape index (κ3) is 3.09. The fourth-order valence-corrected chi connectivity index (χ4v) is 3.11. The molecule has 0 spiro atoms. The summed E-state index contributed by atoms with van der Waals surface area (Å²) in [6.45, 7) is 2.85. The number of hydrogen-bond acceptors (Lipinski definition) is 2. The van der Waals surface area contributed by atoms with Crippen LogP contribution in [-0.2, 0) is 11.2 Å². The molecule has 0 saturated carbocycles. The van der Waals surface area contributed by atoms with Crippen LogP contribution >= 0.6 is 11.6 Å². The van der Waals surface area contributed by atoms with Crippen molar-refractivity contribution in [2.45, 2.75) is 25.8 Å². The van der Waals surface area contributed by atoms with Crippen molar-refractivity contribution in [2.24, 2.45) is 0 Å². The number of rotatable bonds is 3. The maximum Gasteiger partial charge on any atom is 0.246 e. The maximum absolute atomic E-state index is 12.5. The molecule has 1 aliphatic rings. The summed E-state index contributed by atoms with van der Waals surface area (Å²) in [5.74, 6) is -0.0148. The largest absolute Gasteiger partial charge is 0.360 e. The average molecular weight is 315 g/mol. The molecule has 1 atom stereocenters. The van der Waals surface area contributed by atoms with Crippen LogP contribution in [0.4, 0.5) is 11.4 Å². The van der Waals surface area contributed by atoms with Gasteiger partial charge in [-0.05, 0) is 49.6 Å². The first-order valence-electron chi connectivity index (χ1n) is 7.56. The molecule has 1 N–H and O–H groups in total. The van der Waals surface area contributed by atoms with E-state index in [1.807, 2.05) is 25.1 Å². The minimum absolute atomic E-state index is 0.0148. The van der Waals surface area contributed by atoms with Crippen molar-refractivity contribution in [2.75, 3.05) is 16.8 Å². The Balaban J connectivity index is 1.77. The molecule has 0 radical (unpaired) electrons. The number of fused-ring (bicyclic) bond motifs is 1. The normalized spacial score (nSPS) is 15.1. The smallest absolute Gasteiger partial charge is 0.246 e. The van der Waals surface area contributed by atoms with Gasteiger partial charge in [0.1, 0.15) is 6.04 Å². The molecule has 22 heavy (non-hydrogen) atoms. The van der Waals surface area contributed by atoms with Gasteiger partial charge in [-0.25, -0.2) is 0 Å². The first-order valence-corrected chi connectivity index (χ1v) is 7.94. The molecule has 3 rings (SSSR count). The summed E-state index contributed by atoms with van der Waals surface area (Å²) in [5, 5.41) is 3.56. The number of hydrogen-bond donors (Lipinski definition) is 1. The number of aryl methyl sites for hydroxylation is 1. The van der Waals surface area contributed by atoms with E-state index >= 15 is 0 Å². The molecular formula is C18H19ClN2O. The van der Waals surface area contributed by atoms with Crippen LogP contribution < -0.4 is 10.2 Å². The van der Waals surface area contributed by atoms with Crippen molar-refractivity contribution < 1.29 is 4.79 Å². The average Bonchev–Trinajstić information content (AvgIpc) is 2.53. The van der Waals surface area contributed by atoms with E-state index in [1.54, 1.807) is 12.1 Å². The predicted molar refractivity (Wildman–Crippen MR) is 91.7 cm³/mol. The third-order valence-corrected chi connectivity index (χ3v) is 4.32. The van der Waals surface area contributed by atoms with Crippen molar-refractivity contribution in [3.05, 3.63) is 59.1 Å². The number of benzene rings is 2. The Morgan fingerprint density at radius 3 is 2.86 bits per heavy atom. The van der Waals surface area contributed by atoms with Crippen molar-refractivity contribution in [1.82, 2.24) is 0 Å². The van der Waals surface area contributed by atoms with Gasteiger partial charge in [0.15, 0.2) is 0 Å². The second-order valence-corrected chi connectivity index (χ2v) is 6.04. The van der Waals surface area contributed by atoms with E-state index in [-0.39, 0.29) is 11.9 Å². The van der Waals surface area contributed by atoms with Crippen molar-refractivity contribution in [3.63, 3.8) is 0 Å². The Morgan fingerprint density at radius 2 is 2.05 bits per heavy atom. The summed E-state index contributed by atoms with van der Waals surface area (Å²) in [5.41, 5.74) is 3.22.